The standard InChI is InChI=1S/C8H10N2O2/c9-8(11)5-1-2-7-6(3-5)4-10-12-7/h4-5H,1-3H2,(H2,9,11)/t5-/m1/s1. The number of hydrogen-bond acceptors (Lipinski definition) is 3. The molecule has 0 bridgehead atoms. The van der Waals surface area contributed by atoms with E-state index < -0.39 is 0 Å². The van der Waals surface area contributed by atoms with E-state index >= 15 is 0 Å². The van der Waals surface area contributed by atoms with Gasteiger partial charge in [-0.2, -0.15) is 0 Å². The average molecular weight is 166 g/mol. The fourth-order valence-corrected chi connectivity index (χ4v) is 1.57. The van der Waals surface area contributed by atoms with Gasteiger partial charge in [-0.1, -0.05) is 5.16 Å². The van der Waals surface area contributed by atoms with Crippen LogP contribution >= 0.6 is 0 Å². The molecule has 1 aliphatic carbocycles. The molecule has 1 heterocycles. The number of fused-ring (bicyclic) bond motifs is 1. The van der Waals surface area contributed by atoms with Crippen molar-refractivity contribution in [3.63, 3.8) is 0 Å². The number of carbonyl (C=O) groups excluding carboxylic acids is 1. The van der Waals surface area contributed by atoms with E-state index in [2.05, 4.69) is 5.16 Å². The van der Waals surface area contributed by atoms with Crippen LogP contribution in [0.15, 0.2) is 10.7 Å². The number of nitrogens with zero attached hydrogens (tertiary/aromatic N) is 1. The molecule has 0 radical (unpaired) electrons. The van der Waals surface area contributed by atoms with Crippen LogP contribution < -0.4 is 5.73 Å². The zero-order valence-corrected chi connectivity index (χ0v) is 6.62. The summed E-state index contributed by atoms with van der Waals surface area (Å²) in [7, 11) is 0. The topological polar surface area (TPSA) is 69.1 Å². The monoisotopic (exact) mass is 166 g/mol. The van der Waals surface area contributed by atoms with E-state index in [4.69, 9.17) is 10.3 Å². The Labute approximate surface area is 69.7 Å². The van der Waals surface area contributed by atoms with Crippen LogP contribution in [0.5, 0.6) is 0 Å². The van der Waals surface area contributed by atoms with E-state index in [0.717, 1.165) is 24.2 Å². The lowest BCUT2D eigenvalue weighted by molar-refractivity contribution is -0.122. The smallest absolute Gasteiger partial charge is 0.220 e. The molecule has 0 aliphatic heterocycles. The van der Waals surface area contributed by atoms with Crippen molar-refractivity contribution in [1.82, 2.24) is 5.16 Å². The summed E-state index contributed by atoms with van der Waals surface area (Å²) in [6, 6.07) is 0. The highest BCUT2D eigenvalue weighted by Gasteiger charge is 2.25. The molecule has 0 unspecified atom stereocenters. The Balaban J connectivity index is 2.20. The third kappa shape index (κ3) is 1.09. The lowest BCUT2D eigenvalue weighted by Gasteiger charge is -2.16. The van der Waals surface area contributed by atoms with Crippen LogP contribution in [-0.2, 0) is 17.6 Å². The molecule has 4 nitrogen and oxygen atoms in total. The second kappa shape index (κ2) is 2.62. The first-order valence-electron chi connectivity index (χ1n) is 3.99. The summed E-state index contributed by atoms with van der Waals surface area (Å²) in [5.41, 5.74) is 6.24. The Morgan fingerprint density at radius 3 is 3.33 bits per heavy atom. The molecular weight excluding hydrogens is 156 g/mol. The van der Waals surface area contributed by atoms with Gasteiger partial charge in [-0.15, -0.1) is 0 Å². The number of amides is 1. The van der Waals surface area contributed by atoms with Crippen molar-refractivity contribution < 1.29 is 9.32 Å². The molecule has 0 saturated carbocycles. The van der Waals surface area contributed by atoms with Gasteiger partial charge in [0.1, 0.15) is 5.76 Å². The van der Waals surface area contributed by atoms with Crippen LogP contribution in [0.25, 0.3) is 0 Å². The van der Waals surface area contributed by atoms with Crippen LogP contribution in [-0.4, -0.2) is 11.1 Å². The minimum atomic E-state index is -0.221. The normalized spacial score (nSPS) is 21.8. The van der Waals surface area contributed by atoms with Crippen LogP contribution in [0.4, 0.5) is 0 Å². The lowest BCUT2D eigenvalue weighted by atomic mass is 9.88. The van der Waals surface area contributed by atoms with Crippen molar-refractivity contribution in [3.05, 3.63) is 17.5 Å². The number of rotatable bonds is 1. The number of hydrogen-bond donors (Lipinski definition) is 1. The zero-order chi connectivity index (χ0) is 8.55. The molecule has 0 aromatic carbocycles. The molecule has 64 valence electrons. The Kier molecular flexibility index (Phi) is 1.60. The number of primary amides is 1. The van der Waals surface area contributed by atoms with Crippen LogP contribution in [0.2, 0.25) is 0 Å². The summed E-state index contributed by atoms with van der Waals surface area (Å²) in [6.07, 6.45) is 3.93. The third-order valence-electron chi connectivity index (χ3n) is 2.32. The van der Waals surface area contributed by atoms with E-state index in [0.29, 0.717) is 6.42 Å². The highest BCUT2D eigenvalue weighted by Crippen LogP contribution is 2.24. The molecule has 1 amide bonds. The molecule has 0 fully saturated rings. The first kappa shape index (κ1) is 7.34. The van der Waals surface area contributed by atoms with Gasteiger partial charge in [-0.05, 0) is 12.8 Å². The van der Waals surface area contributed by atoms with Crippen LogP contribution in [0.3, 0.4) is 0 Å². The van der Waals surface area contributed by atoms with Gasteiger partial charge < -0.3 is 10.3 Å². The van der Waals surface area contributed by atoms with Gasteiger partial charge in [-0.3, -0.25) is 4.79 Å². The highest BCUT2D eigenvalue weighted by atomic mass is 16.5. The quantitative estimate of drug-likeness (QED) is 0.650. The Morgan fingerprint density at radius 2 is 2.58 bits per heavy atom. The van der Waals surface area contributed by atoms with E-state index in [9.17, 15) is 4.79 Å². The van der Waals surface area contributed by atoms with Crippen molar-refractivity contribution in [2.24, 2.45) is 11.7 Å². The molecule has 2 N–H and O–H groups in total. The second-order valence-corrected chi connectivity index (χ2v) is 3.12. The molecule has 1 aromatic rings. The maximum absolute atomic E-state index is 10.9. The Hall–Kier alpha value is -1.32. The zero-order valence-electron chi connectivity index (χ0n) is 6.62. The van der Waals surface area contributed by atoms with Crippen LogP contribution in [0.1, 0.15) is 17.7 Å². The highest BCUT2D eigenvalue weighted by molar-refractivity contribution is 5.77. The minimum absolute atomic E-state index is 0.0306. The molecule has 1 atom stereocenters. The predicted molar refractivity (Wildman–Crippen MR) is 41.2 cm³/mol. The fraction of sp³-hybridized carbons (Fsp3) is 0.500. The summed E-state index contributed by atoms with van der Waals surface area (Å²) in [6.45, 7) is 0. The van der Waals surface area contributed by atoms with E-state index in [1.165, 1.54) is 0 Å². The predicted octanol–water partition coefficient (Wildman–Crippen LogP) is 0.265. The van der Waals surface area contributed by atoms with Crippen molar-refractivity contribution in [3.8, 4) is 0 Å². The molecule has 4 heteroatoms. The fourth-order valence-electron chi connectivity index (χ4n) is 1.57. The molecule has 1 aromatic heterocycles. The third-order valence-corrected chi connectivity index (χ3v) is 2.32. The summed E-state index contributed by atoms with van der Waals surface area (Å²) >= 11 is 0. The lowest BCUT2D eigenvalue weighted by Crippen LogP contribution is -2.28. The van der Waals surface area contributed by atoms with Crippen molar-refractivity contribution >= 4 is 5.91 Å². The Morgan fingerprint density at radius 1 is 1.75 bits per heavy atom. The average Bonchev–Trinajstić information content (AvgIpc) is 2.49. The largest absolute Gasteiger partial charge is 0.369 e. The number of aromatic nitrogens is 1. The SMILES string of the molecule is NC(=O)[C@@H]1CCc2oncc2C1. The van der Waals surface area contributed by atoms with Gasteiger partial charge in [0.05, 0.1) is 6.20 Å². The van der Waals surface area contributed by atoms with Gasteiger partial charge >= 0.3 is 0 Å². The van der Waals surface area contributed by atoms with Crippen LogP contribution in [0, 0.1) is 5.92 Å². The Bertz CT molecular complexity index is 306. The maximum atomic E-state index is 10.9. The van der Waals surface area contributed by atoms with Gasteiger partial charge in [0, 0.05) is 17.9 Å². The van der Waals surface area contributed by atoms with Crippen molar-refractivity contribution in [2.75, 3.05) is 0 Å². The van der Waals surface area contributed by atoms with Crippen molar-refractivity contribution in [2.45, 2.75) is 19.3 Å². The van der Waals surface area contributed by atoms with E-state index in [1.807, 2.05) is 0 Å². The van der Waals surface area contributed by atoms with E-state index in [1.54, 1.807) is 6.20 Å². The molecule has 12 heavy (non-hydrogen) atoms. The first-order valence-corrected chi connectivity index (χ1v) is 3.99. The molecule has 0 spiro atoms. The molecule has 1 aliphatic rings. The molecule has 0 saturated heterocycles. The maximum Gasteiger partial charge on any atom is 0.220 e. The van der Waals surface area contributed by atoms with E-state index in [-0.39, 0.29) is 11.8 Å². The van der Waals surface area contributed by atoms with Gasteiger partial charge in [0.15, 0.2) is 0 Å². The first-order chi connectivity index (χ1) is 5.77. The second-order valence-electron chi connectivity index (χ2n) is 3.12. The van der Waals surface area contributed by atoms with Gasteiger partial charge in [-0.25, -0.2) is 0 Å². The number of nitrogens with two attached hydrogens (primary N) is 1. The summed E-state index contributed by atoms with van der Waals surface area (Å²) in [5, 5.41) is 3.67. The summed E-state index contributed by atoms with van der Waals surface area (Å²) in [4.78, 5) is 10.9. The minimum Gasteiger partial charge on any atom is -0.369 e. The molecule has 2 rings (SSSR count). The summed E-state index contributed by atoms with van der Waals surface area (Å²) < 4.78 is 4.98. The van der Waals surface area contributed by atoms with Gasteiger partial charge in [0.2, 0.25) is 5.91 Å². The summed E-state index contributed by atoms with van der Waals surface area (Å²) in [5.74, 6) is 0.659. The van der Waals surface area contributed by atoms with Gasteiger partial charge in [0.25, 0.3) is 0 Å². The number of aryl methyl sites for hydroxylation is 1. The molecular formula is C8H10N2O2. The van der Waals surface area contributed by atoms with Crippen molar-refractivity contribution in [1.29, 1.82) is 0 Å². The number of carbonyl (C=O) groups is 1.